The van der Waals surface area contributed by atoms with Gasteiger partial charge in [-0.2, -0.15) is 0 Å². The second-order valence-electron chi connectivity index (χ2n) is 9.58. The first kappa shape index (κ1) is 24.3. The molecule has 0 aliphatic carbocycles. The second kappa shape index (κ2) is 9.58. The number of nitrogens with zero attached hydrogens (tertiary/aromatic N) is 3. The van der Waals surface area contributed by atoms with Crippen molar-refractivity contribution in [3.8, 4) is 0 Å². The highest BCUT2D eigenvalue weighted by molar-refractivity contribution is 6.50. The first-order valence-corrected chi connectivity index (χ1v) is 12.0. The first-order chi connectivity index (χ1) is 17.0. The normalized spacial score (nSPS) is 18.4. The van der Waals surface area contributed by atoms with E-state index in [-0.39, 0.29) is 30.3 Å². The van der Waals surface area contributed by atoms with E-state index in [1.807, 2.05) is 48.8 Å². The SMILES string of the molecule is CN(C)C[C@@H]1CCn2cc(c3ccccc32)C2=C(C(=O)NC2=O)c2cn(c3ccccc23)CCO1.Cl. The van der Waals surface area contributed by atoms with Gasteiger partial charge in [-0.15, -0.1) is 12.4 Å². The fourth-order valence-corrected chi connectivity index (χ4v) is 5.47. The molecular formula is C28H29ClN4O3. The van der Waals surface area contributed by atoms with Gasteiger partial charge in [0.15, 0.2) is 0 Å². The van der Waals surface area contributed by atoms with E-state index < -0.39 is 0 Å². The quantitative estimate of drug-likeness (QED) is 0.420. The molecule has 4 heterocycles. The predicted octanol–water partition coefficient (Wildman–Crippen LogP) is 3.94. The molecule has 0 radical (unpaired) electrons. The van der Waals surface area contributed by atoms with Gasteiger partial charge in [-0.1, -0.05) is 36.4 Å². The zero-order chi connectivity index (χ0) is 24.1. The molecule has 4 bridgehead atoms. The zero-order valence-corrected chi connectivity index (χ0v) is 21.2. The number of amides is 2. The number of aromatic nitrogens is 2. The average Bonchev–Trinajstić information content (AvgIpc) is 3.47. The summed E-state index contributed by atoms with van der Waals surface area (Å²) in [5, 5.41) is 4.48. The third kappa shape index (κ3) is 4.03. The molecule has 2 aliphatic heterocycles. The van der Waals surface area contributed by atoms with Gasteiger partial charge in [-0.05, 0) is 32.6 Å². The summed E-state index contributed by atoms with van der Waals surface area (Å²) in [5.41, 5.74) is 4.52. The number of carbonyl (C=O) groups is 2. The summed E-state index contributed by atoms with van der Waals surface area (Å²) in [6.07, 6.45) is 4.93. The highest BCUT2D eigenvalue weighted by Crippen LogP contribution is 2.39. The van der Waals surface area contributed by atoms with Crippen molar-refractivity contribution in [2.45, 2.75) is 25.6 Å². The molecule has 4 aromatic rings. The third-order valence-corrected chi connectivity index (χ3v) is 6.99. The number of fused-ring (bicyclic) bond motifs is 12. The van der Waals surface area contributed by atoms with Gasteiger partial charge >= 0.3 is 0 Å². The lowest BCUT2D eigenvalue weighted by Gasteiger charge is -2.22. The minimum absolute atomic E-state index is 0. The van der Waals surface area contributed by atoms with Crippen molar-refractivity contribution < 1.29 is 14.3 Å². The summed E-state index contributed by atoms with van der Waals surface area (Å²) < 4.78 is 10.7. The number of ether oxygens (including phenoxy) is 1. The van der Waals surface area contributed by atoms with E-state index in [1.165, 1.54) is 0 Å². The maximum absolute atomic E-state index is 13.2. The second-order valence-corrected chi connectivity index (χ2v) is 9.58. The van der Waals surface area contributed by atoms with Gasteiger partial charge in [0.05, 0.1) is 23.9 Å². The van der Waals surface area contributed by atoms with E-state index in [4.69, 9.17) is 4.74 Å². The highest BCUT2D eigenvalue weighted by Gasteiger charge is 2.35. The summed E-state index contributed by atoms with van der Waals surface area (Å²) in [6, 6.07) is 16.1. The maximum atomic E-state index is 13.2. The number of nitrogens with one attached hydrogen (secondary N) is 1. The molecule has 2 amide bonds. The summed E-state index contributed by atoms with van der Waals surface area (Å²) in [7, 11) is 4.13. The number of carbonyl (C=O) groups excluding carboxylic acids is 2. The molecule has 0 spiro atoms. The molecule has 2 aromatic heterocycles. The Morgan fingerprint density at radius 1 is 0.861 bits per heavy atom. The van der Waals surface area contributed by atoms with Crippen molar-refractivity contribution >= 4 is 57.2 Å². The fourth-order valence-electron chi connectivity index (χ4n) is 5.47. The number of rotatable bonds is 2. The molecule has 186 valence electrons. The molecule has 0 saturated carbocycles. The van der Waals surface area contributed by atoms with Crippen LogP contribution in [-0.4, -0.2) is 59.2 Å². The Bertz CT molecular complexity index is 1510. The summed E-state index contributed by atoms with van der Waals surface area (Å²) >= 11 is 0. The van der Waals surface area contributed by atoms with Crippen molar-refractivity contribution in [1.82, 2.24) is 19.4 Å². The lowest BCUT2D eigenvalue weighted by molar-refractivity contribution is -0.122. The highest BCUT2D eigenvalue weighted by atomic mass is 35.5. The maximum Gasteiger partial charge on any atom is 0.259 e. The molecular weight excluding hydrogens is 476 g/mol. The first-order valence-electron chi connectivity index (χ1n) is 12.0. The van der Waals surface area contributed by atoms with Crippen LogP contribution in [0.4, 0.5) is 0 Å². The Morgan fingerprint density at radius 3 is 1.94 bits per heavy atom. The van der Waals surface area contributed by atoms with Crippen molar-refractivity contribution in [3.05, 3.63) is 72.1 Å². The number of hydrogen-bond acceptors (Lipinski definition) is 4. The lowest BCUT2D eigenvalue weighted by Crippen LogP contribution is -2.30. The lowest BCUT2D eigenvalue weighted by atomic mass is 9.95. The summed E-state index contributed by atoms with van der Waals surface area (Å²) in [4.78, 5) is 28.5. The number of likely N-dealkylation sites (N-methyl/N-ethyl adjacent to an activating group) is 1. The Labute approximate surface area is 215 Å². The van der Waals surface area contributed by atoms with Gasteiger partial charge in [-0.25, -0.2) is 0 Å². The van der Waals surface area contributed by atoms with Gasteiger partial charge in [0.1, 0.15) is 0 Å². The van der Waals surface area contributed by atoms with Crippen LogP contribution >= 0.6 is 12.4 Å². The van der Waals surface area contributed by atoms with Crippen LogP contribution in [0.25, 0.3) is 33.0 Å². The standard InChI is InChI=1S/C28H28N4O3.ClH/c1-30(2)15-18-11-12-31-16-21(19-7-3-5-9-23(19)31)25-26(28(34)29-27(25)33)22-17-32(13-14-35-18)24-10-6-4-8-20(22)24;/h3-10,16-18H,11-15H2,1-2H3,(H,29,33,34);1H/t18-;/m0./s1. The molecule has 8 heteroatoms. The molecule has 2 aromatic carbocycles. The van der Waals surface area contributed by atoms with E-state index in [9.17, 15) is 9.59 Å². The van der Waals surface area contributed by atoms with Crippen molar-refractivity contribution in [2.75, 3.05) is 27.2 Å². The molecule has 0 saturated heterocycles. The van der Waals surface area contributed by atoms with Gasteiger partial charge in [0.25, 0.3) is 11.8 Å². The van der Waals surface area contributed by atoms with Crippen LogP contribution in [0.15, 0.2) is 60.9 Å². The number of halogens is 1. The monoisotopic (exact) mass is 504 g/mol. The number of hydrogen-bond donors (Lipinski definition) is 1. The predicted molar refractivity (Wildman–Crippen MR) is 144 cm³/mol. The minimum atomic E-state index is -0.348. The van der Waals surface area contributed by atoms with Crippen LogP contribution in [0.1, 0.15) is 17.5 Å². The molecule has 1 N–H and O–H groups in total. The zero-order valence-electron chi connectivity index (χ0n) is 20.4. The van der Waals surface area contributed by atoms with Gasteiger partial charge in [-0.3, -0.25) is 14.9 Å². The number of para-hydroxylation sites is 2. The van der Waals surface area contributed by atoms with E-state index in [0.717, 1.165) is 52.4 Å². The van der Waals surface area contributed by atoms with E-state index >= 15 is 0 Å². The largest absolute Gasteiger partial charge is 0.375 e. The Hall–Kier alpha value is -3.39. The number of imide groups is 1. The summed E-state index contributed by atoms with van der Waals surface area (Å²) in [6.45, 7) is 2.81. The number of benzene rings is 2. The van der Waals surface area contributed by atoms with Crippen LogP contribution in [0, 0.1) is 0 Å². The van der Waals surface area contributed by atoms with Crippen LogP contribution < -0.4 is 5.32 Å². The van der Waals surface area contributed by atoms with Crippen LogP contribution in [-0.2, 0) is 27.4 Å². The van der Waals surface area contributed by atoms with Crippen molar-refractivity contribution in [1.29, 1.82) is 0 Å². The van der Waals surface area contributed by atoms with E-state index in [0.29, 0.717) is 24.3 Å². The molecule has 2 aliphatic rings. The molecule has 36 heavy (non-hydrogen) atoms. The molecule has 6 rings (SSSR count). The molecule has 0 fully saturated rings. The van der Waals surface area contributed by atoms with Gasteiger partial charge in [0, 0.05) is 65.0 Å². The van der Waals surface area contributed by atoms with Crippen molar-refractivity contribution in [3.63, 3.8) is 0 Å². The Balaban J connectivity index is 0.00000267. The van der Waals surface area contributed by atoms with E-state index in [1.54, 1.807) is 0 Å². The topological polar surface area (TPSA) is 68.5 Å². The van der Waals surface area contributed by atoms with Crippen LogP contribution in [0.3, 0.4) is 0 Å². The van der Waals surface area contributed by atoms with Crippen LogP contribution in [0.2, 0.25) is 0 Å². The molecule has 1 atom stereocenters. The molecule has 7 nitrogen and oxygen atoms in total. The minimum Gasteiger partial charge on any atom is -0.375 e. The Morgan fingerprint density at radius 2 is 1.39 bits per heavy atom. The number of aryl methyl sites for hydroxylation is 1. The van der Waals surface area contributed by atoms with Gasteiger partial charge in [0.2, 0.25) is 0 Å². The van der Waals surface area contributed by atoms with Crippen molar-refractivity contribution in [2.24, 2.45) is 0 Å². The smallest absolute Gasteiger partial charge is 0.259 e. The van der Waals surface area contributed by atoms with Gasteiger partial charge < -0.3 is 18.8 Å². The van der Waals surface area contributed by atoms with Crippen LogP contribution in [0.5, 0.6) is 0 Å². The Kier molecular flexibility index (Phi) is 6.47. The third-order valence-electron chi connectivity index (χ3n) is 6.99. The fraction of sp³-hybridized carbons (Fsp3) is 0.286. The molecule has 0 unspecified atom stereocenters. The average molecular weight is 505 g/mol. The van der Waals surface area contributed by atoms with E-state index in [2.05, 4.69) is 45.6 Å². The summed E-state index contributed by atoms with van der Waals surface area (Å²) in [5.74, 6) is -0.690.